The van der Waals surface area contributed by atoms with Crippen molar-refractivity contribution >= 4 is 5.91 Å². The number of aliphatic hydroxyl groups excluding tert-OH is 1. The average molecular weight is 257 g/mol. The van der Waals surface area contributed by atoms with Crippen molar-refractivity contribution in [3.05, 3.63) is 29.8 Å². The summed E-state index contributed by atoms with van der Waals surface area (Å²) >= 11 is 0. The van der Waals surface area contributed by atoms with Crippen molar-refractivity contribution in [1.29, 1.82) is 0 Å². The van der Waals surface area contributed by atoms with E-state index in [9.17, 15) is 13.6 Å². The van der Waals surface area contributed by atoms with Crippen molar-refractivity contribution in [2.75, 3.05) is 19.8 Å². The maximum absolute atomic E-state index is 12.8. The molecule has 1 aliphatic rings. The van der Waals surface area contributed by atoms with Crippen molar-refractivity contribution in [2.45, 2.75) is 11.8 Å². The minimum absolute atomic E-state index is 0.149. The van der Waals surface area contributed by atoms with Gasteiger partial charge in [0.25, 0.3) is 5.92 Å². The van der Waals surface area contributed by atoms with Crippen LogP contribution < -0.4 is 10.1 Å². The van der Waals surface area contributed by atoms with Gasteiger partial charge in [0.2, 0.25) is 5.91 Å². The quantitative estimate of drug-likeness (QED) is 0.842. The summed E-state index contributed by atoms with van der Waals surface area (Å²) in [5, 5.41) is 10.5. The van der Waals surface area contributed by atoms with E-state index in [0.29, 0.717) is 11.3 Å². The highest BCUT2D eigenvalue weighted by Crippen LogP contribution is 2.33. The number of benzene rings is 1. The summed E-state index contributed by atoms with van der Waals surface area (Å²) in [6.45, 7) is -2.01. The molecule has 0 saturated heterocycles. The van der Waals surface area contributed by atoms with Gasteiger partial charge in [-0.15, -0.1) is 0 Å². The van der Waals surface area contributed by atoms with Crippen molar-refractivity contribution in [1.82, 2.24) is 5.32 Å². The zero-order valence-electron chi connectivity index (χ0n) is 9.53. The van der Waals surface area contributed by atoms with E-state index in [2.05, 4.69) is 5.32 Å². The van der Waals surface area contributed by atoms with E-state index >= 15 is 0 Å². The number of hydrogen-bond acceptors (Lipinski definition) is 3. The first-order chi connectivity index (χ1) is 8.53. The van der Waals surface area contributed by atoms with Crippen LogP contribution in [0.4, 0.5) is 8.78 Å². The third-order valence-electron chi connectivity index (χ3n) is 2.77. The van der Waals surface area contributed by atoms with Crippen molar-refractivity contribution in [2.24, 2.45) is 0 Å². The van der Waals surface area contributed by atoms with Crippen LogP contribution in [0.15, 0.2) is 24.3 Å². The molecule has 0 aliphatic carbocycles. The fraction of sp³-hybridized carbons (Fsp3) is 0.417. The molecule has 0 aromatic heterocycles. The number of aliphatic hydroxyl groups is 1. The molecule has 1 unspecified atom stereocenters. The average Bonchev–Trinajstić information content (AvgIpc) is 2.80. The highest BCUT2D eigenvalue weighted by molar-refractivity contribution is 5.85. The lowest BCUT2D eigenvalue weighted by Crippen LogP contribution is -2.41. The number of hydrogen-bond donors (Lipinski definition) is 2. The Morgan fingerprint density at radius 2 is 2.22 bits per heavy atom. The molecule has 98 valence electrons. The minimum atomic E-state index is -3.30. The molecule has 18 heavy (non-hydrogen) atoms. The number of nitrogens with one attached hydrogen (secondary N) is 1. The molecule has 0 bridgehead atoms. The molecule has 1 atom stereocenters. The van der Waals surface area contributed by atoms with Crippen molar-refractivity contribution < 1.29 is 23.4 Å². The molecule has 2 N–H and O–H groups in total. The molecule has 1 aromatic rings. The predicted molar refractivity (Wildman–Crippen MR) is 59.7 cm³/mol. The van der Waals surface area contributed by atoms with Gasteiger partial charge in [-0.2, -0.15) is 0 Å². The number of amides is 1. The van der Waals surface area contributed by atoms with Gasteiger partial charge >= 0.3 is 0 Å². The maximum atomic E-state index is 12.8. The van der Waals surface area contributed by atoms with Gasteiger partial charge in [-0.05, 0) is 6.07 Å². The Bertz CT molecular complexity index is 451. The molecule has 2 rings (SSSR count). The molecule has 0 saturated carbocycles. The monoisotopic (exact) mass is 257 g/mol. The Morgan fingerprint density at radius 3 is 2.94 bits per heavy atom. The van der Waals surface area contributed by atoms with E-state index in [-0.39, 0.29) is 6.61 Å². The Morgan fingerprint density at radius 1 is 1.50 bits per heavy atom. The Hall–Kier alpha value is -1.69. The van der Waals surface area contributed by atoms with Crippen molar-refractivity contribution in [3.8, 4) is 5.75 Å². The summed E-state index contributed by atoms with van der Waals surface area (Å²) in [7, 11) is 0. The fourth-order valence-corrected chi connectivity index (χ4v) is 1.78. The summed E-state index contributed by atoms with van der Waals surface area (Å²) in [5.74, 6) is -3.79. The summed E-state index contributed by atoms with van der Waals surface area (Å²) in [6, 6.07) is 7.00. The number of fused-ring (bicyclic) bond motifs is 1. The number of alkyl halides is 2. The van der Waals surface area contributed by atoms with E-state index < -0.39 is 30.9 Å². The lowest BCUT2D eigenvalue weighted by Gasteiger charge is -2.15. The smallest absolute Gasteiger partial charge is 0.287 e. The zero-order valence-corrected chi connectivity index (χ0v) is 9.53. The van der Waals surface area contributed by atoms with Crippen LogP contribution in [-0.4, -0.2) is 36.7 Å². The van der Waals surface area contributed by atoms with Crippen LogP contribution in [0.1, 0.15) is 11.5 Å². The van der Waals surface area contributed by atoms with E-state index in [4.69, 9.17) is 9.84 Å². The fourth-order valence-electron chi connectivity index (χ4n) is 1.78. The van der Waals surface area contributed by atoms with Gasteiger partial charge in [-0.3, -0.25) is 4.79 Å². The molecule has 0 radical (unpaired) electrons. The molecule has 1 amide bonds. The predicted octanol–water partition coefficient (Wildman–Crippen LogP) is 0.906. The number of carbonyl (C=O) groups excluding carboxylic acids is 1. The van der Waals surface area contributed by atoms with E-state index in [1.807, 2.05) is 0 Å². The Labute approximate surface area is 103 Å². The van der Waals surface area contributed by atoms with Crippen LogP contribution in [0.3, 0.4) is 0 Å². The van der Waals surface area contributed by atoms with Crippen LogP contribution in [0, 0.1) is 0 Å². The molecule has 4 nitrogen and oxygen atoms in total. The largest absolute Gasteiger partial charge is 0.492 e. The molecular weight excluding hydrogens is 244 g/mol. The van der Waals surface area contributed by atoms with Crippen LogP contribution in [0.5, 0.6) is 5.75 Å². The van der Waals surface area contributed by atoms with Crippen LogP contribution in [0.2, 0.25) is 0 Å². The lowest BCUT2D eigenvalue weighted by molar-refractivity contribution is -0.125. The van der Waals surface area contributed by atoms with Crippen LogP contribution in [-0.2, 0) is 4.79 Å². The van der Waals surface area contributed by atoms with Crippen LogP contribution >= 0.6 is 0 Å². The van der Waals surface area contributed by atoms with Gasteiger partial charge in [0.15, 0.2) is 0 Å². The van der Waals surface area contributed by atoms with E-state index in [1.54, 1.807) is 24.3 Å². The molecule has 0 spiro atoms. The second-order valence-corrected chi connectivity index (χ2v) is 4.13. The number of para-hydroxylation sites is 1. The number of ether oxygens (including phenoxy) is 1. The van der Waals surface area contributed by atoms with E-state index in [1.165, 1.54) is 0 Å². The van der Waals surface area contributed by atoms with Gasteiger partial charge in [0.05, 0.1) is 6.54 Å². The first-order valence-electron chi connectivity index (χ1n) is 5.51. The second-order valence-electron chi connectivity index (χ2n) is 4.13. The third-order valence-corrected chi connectivity index (χ3v) is 2.77. The molecule has 1 aliphatic heterocycles. The standard InChI is InChI=1S/C12H13F2NO3/c13-12(14,7-16)6-15-11(17)9-5-18-10-4-2-1-3-8(9)10/h1-4,9,16H,5-7H2,(H,15,17). The number of carbonyl (C=O) groups is 1. The first kappa shape index (κ1) is 12.8. The first-order valence-corrected chi connectivity index (χ1v) is 5.51. The Balaban J connectivity index is 2.00. The third kappa shape index (κ3) is 2.59. The number of rotatable bonds is 4. The highest BCUT2D eigenvalue weighted by Gasteiger charge is 2.33. The summed E-state index contributed by atoms with van der Waals surface area (Å²) < 4.78 is 30.9. The minimum Gasteiger partial charge on any atom is -0.492 e. The van der Waals surface area contributed by atoms with Gasteiger partial charge in [0, 0.05) is 5.56 Å². The van der Waals surface area contributed by atoms with Gasteiger partial charge in [-0.25, -0.2) is 8.78 Å². The molecule has 6 heteroatoms. The highest BCUT2D eigenvalue weighted by atomic mass is 19.3. The lowest BCUT2D eigenvalue weighted by atomic mass is 10.0. The number of halogens is 2. The van der Waals surface area contributed by atoms with E-state index in [0.717, 1.165) is 0 Å². The summed E-state index contributed by atoms with van der Waals surface area (Å²) in [5.41, 5.74) is 0.697. The maximum Gasteiger partial charge on any atom is 0.287 e. The van der Waals surface area contributed by atoms with Gasteiger partial charge in [-0.1, -0.05) is 18.2 Å². The summed E-state index contributed by atoms with van der Waals surface area (Å²) in [6.07, 6.45) is 0. The summed E-state index contributed by atoms with van der Waals surface area (Å²) in [4.78, 5) is 11.8. The Kier molecular flexibility index (Phi) is 3.47. The van der Waals surface area contributed by atoms with Gasteiger partial charge in [0.1, 0.15) is 24.9 Å². The second kappa shape index (κ2) is 4.89. The molecule has 1 aromatic carbocycles. The van der Waals surface area contributed by atoms with Crippen LogP contribution in [0.25, 0.3) is 0 Å². The molecule has 1 heterocycles. The zero-order chi connectivity index (χ0) is 13.2. The molecule has 0 fully saturated rings. The van der Waals surface area contributed by atoms with Crippen molar-refractivity contribution in [3.63, 3.8) is 0 Å². The SMILES string of the molecule is O=C(NCC(F)(F)CO)C1COc2ccccc21. The topological polar surface area (TPSA) is 58.6 Å². The van der Waals surface area contributed by atoms with Gasteiger partial charge < -0.3 is 15.2 Å². The molecular formula is C12H13F2NO3. The normalized spacial score (nSPS) is 18.1.